The van der Waals surface area contributed by atoms with E-state index in [1.165, 1.54) is 0 Å². The topological polar surface area (TPSA) is 17.8 Å². The Morgan fingerprint density at radius 3 is 2.64 bits per heavy atom. The van der Waals surface area contributed by atoms with Gasteiger partial charge in [0, 0.05) is 5.22 Å². The monoisotopic (exact) mass is 166 g/mol. The fourth-order valence-corrected chi connectivity index (χ4v) is 1.30. The molecule has 0 aliphatic heterocycles. The van der Waals surface area contributed by atoms with Gasteiger partial charge in [-0.3, -0.25) is 4.45 Å². The molecule has 2 nitrogen and oxygen atoms in total. The summed E-state index contributed by atoms with van der Waals surface area (Å²) in [6.45, 7) is 9.43. The molecule has 1 heterocycles. The summed E-state index contributed by atoms with van der Waals surface area (Å²) >= 11 is 0. The zero-order chi connectivity index (χ0) is 8.43. The molecule has 0 aliphatic rings. The van der Waals surface area contributed by atoms with E-state index < -0.39 is 0 Å². The van der Waals surface area contributed by atoms with E-state index in [0.717, 1.165) is 16.3 Å². The summed E-state index contributed by atoms with van der Waals surface area (Å²) in [6, 6.07) is 0. The van der Waals surface area contributed by atoms with Gasteiger partial charge in [-0.1, -0.05) is 19.2 Å². The fraction of sp³-hybridized carbons (Fsp3) is 0.125. The van der Waals surface area contributed by atoms with Crippen molar-refractivity contribution in [1.82, 2.24) is 9.55 Å². The highest BCUT2D eigenvalue weighted by molar-refractivity contribution is 7.14. The summed E-state index contributed by atoms with van der Waals surface area (Å²) in [5.41, 5.74) is 0.952. The van der Waals surface area contributed by atoms with E-state index in [1.807, 2.05) is 13.0 Å². The molecule has 0 bridgehead atoms. The average molecular weight is 166 g/mol. The third-order valence-corrected chi connectivity index (χ3v) is 1.92. The van der Waals surface area contributed by atoms with Crippen molar-refractivity contribution in [2.24, 2.45) is 0 Å². The van der Waals surface area contributed by atoms with Crippen molar-refractivity contribution in [3.05, 3.63) is 28.9 Å². The number of hydrogen-bond donors (Lipinski definition) is 0. The molecule has 1 atom stereocenters. The van der Waals surface area contributed by atoms with Gasteiger partial charge in [0.2, 0.25) is 0 Å². The largest absolute Gasteiger partial charge is 0.250 e. The zero-order valence-electron chi connectivity index (χ0n) is 6.54. The van der Waals surface area contributed by atoms with Crippen molar-refractivity contribution in [2.75, 3.05) is 0 Å². The third kappa shape index (κ3) is 1.41. The molecule has 11 heavy (non-hydrogen) atoms. The highest BCUT2D eigenvalue weighted by atomic mass is 31.0. The predicted molar refractivity (Wildman–Crippen MR) is 51.5 cm³/mol. The van der Waals surface area contributed by atoms with Gasteiger partial charge in [0.15, 0.2) is 0 Å². The lowest BCUT2D eigenvalue weighted by molar-refractivity contribution is 0.957. The quantitative estimate of drug-likeness (QED) is 0.545. The molecule has 3 heteroatoms. The molecule has 1 rings (SSSR count). The Morgan fingerprint density at radius 1 is 1.64 bits per heavy atom. The smallest absolute Gasteiger partial charge is 0.0713 e. The first kappa shape index (κ1) is 8.22. The molecular weight excluding hydrogens is 155 g/mol. The van der Waals surface area contributed by atoms with Gasteiger partial charge in [0.25, 0.3) is 0 Å². The maximum absolute atomic E-state index is 4.17. The second-order valence-corrected chi connectivity index (χ2v) is 2.79. The van der Waals surface area contributed by atoms with Crippen LogP contribution >= 0.6 is 9.39 Å². The number of rotatable bonds is 1. The van der Waals surface area contributed by atoms with E-state index >= 15 is 0 Å². The molecule has 0 aliphatic carbocycles. The van der Waals surface area contributed by atoms with Crippen LogP contribution in [0.2, 0.25) is 0 Å². The summed E-state index contributed by atoms with van der Waals surface area (Å²) in [5.74, 6) is 0. The van der Waals surface area contributed by atoms with Crippen LogP contribution in [0.3, 0.4) is 0 Å². The number of hydrogen-bond acceptors (Lipinski definition) is 1. The first-order chi connectivity index (χ1) is 5.16. The van der Waals surface area contributed by atoms with E-state index in [9.17, 15) is 0 Å². The molecule has 0 radical (unpaired) electrons. The van der Waals surface area contributed by atoms with E-state index in [2.05, 4.69) is 27.6 Å². The maximum Gasteiger partial charge on any atom is 0.0713 e. The van der Waals surface area contributed by atoms with Crippen molar-refractivity contribution in [2.45, 2.75) is 6.92 Å². The molecule has 0 saturated heterocycles. The lowest BCUT2D eigenvalue weighted by Crippen LogP contribution is -2.24. The van der Waals surface area contributed by atoms with Crippen LogP contribution in [0.4, 0.5) is 0 Å². The molecule has 0 N–H and O–H groups in total. The lowest BCUT2D eigenvalue weighted by atomic mass is 10.3. The first-order valence-electron chi connectivity index (χ1n) is 3.29. The SMILES string of the molecule is C=C/C=c1\c(=C)c(C)nn1P. The van der Waals surface area contributed by atoms with Crippen LogP contribution in [-0.2, 0) is 0 Å². The van der Waals surface area contributed by atoms with Gasteiger partial charge in [-0.05, 0) is 22.4 Å². The minimum absolute atomic E-state index is 0.952. The van der Waals surface area contributed by atoms with Gasteiger partial charge in [-0.15, -0.1) is 0 Å². The Balaban J connectivity index is 3.59. The third-order valence-electron chi connectivity index (χ3n) is 1.53. The Bertz CT molecular complexity index is 376. The number of allylic oxidation sites excluding steroid dienone is 1. The minimum Gasteiger partial charge on any atom is -0.250 e. The van der Waals surface area contributed by atoms with Crippen LogP contribution in [0, 0.1) is 6.92 Å². The van der Waals surface area contributed by atoms with Crippen LogP contribution in [0.1, 0.15) is 5.69 Å². The number of nitrogens with zero attached hydrogens (tertiary/aromatic N) is 2. The highest BCUT2D eigenvalue weighted by Gasteiger charge is 1.94. The molecule has 1 aromatic rings. The van der Waals surface area contributed by atoms with Gasteiger partial charge in [0.05, 0.1) is 11.0 Å². The van der Waals surface area contributed by atoms with Crippen LogP contribution < -0.4 is 10.6 Å². The van der Waals surface area contributed by atoms with Gasteiger partial charge < -0.3 is 0 Å². The van der Waals surface area contributed by atoms with Gasteiger partial charge in [-0.25, -0.2) is 0 Å². The van der Waals surface area contributed by atoms with Crippen molar-refractivity contribution in [3.8, 4) is 0 Å². The first-order valence-corrected chi connectivity index (χ1v) is 3.81. The van der Waals surface area contributed by atoms with Crippen LogP contribution in [0.25, 0.3) is 12.7 Å². The van der Waals surface area contributed by atoms with E-state index in [-0.39, 0.29) is 0 Å². The van der Waals surface area contributed by atoms with Crippen molar-refractivity contribution < 1.29 is 0 Å². The predicted octanol–water partition coefficient (Wildman–Crippen LogP) is 0.207. The molecule has 1 unspecified atom stereocenters. The highest BCUT2D eigenvalue weighted by Crippen LogP contribution is 1.83. The molecule has 0 aromatic carbocycles. The summed E-state index contributed by atoms with van der Waals surface area (Å²) in [4.78, 5) is 0. The summed E-state index contributed by atoms with van der Waals surface area (Å²) in [7, 11) is 2.50. The number of aryl methyl sites for hydroxylation is 1. The molecule has 1 aromatic heterocycles. The van der Waals surface area contributed by atoms with E-state index in [1.54, 1.807) is 10.5 Å². The van der Waals surface area contributed by atoms with Gasteiger partial charge in [-0.2, -0.15) is 5.10 Å². The molecular formula is C8H11N2P. The van der Waals surface area contributed by atoms with Crippen molar-refractivity contribution in [3.63, 3.8) is 0 Å². The summed E-state index contributed by atoms with van der Waals surface area (Å²) < 4.78 is 1.72. The Labute approximate surface area is 68.2 Å². The van der Waals surface area contributed by atoms with E-state index in [4.69, 9.17) is 0 Å². The molecule has 0 fully saturated rings. The van der Waals surface area contributed by atoms with E-state index in [0.29, 0.717) is 0 Å². The number of aromatic nitrogens is 2. The van der Waals surface area contributed by atoms with Crippen molar-refractivity contribution >= 4 is 22.0 Å². The molecule has 0 amide bonds. The Kier molecular flexibility index (Phi) is 2.25. The van der Waals surface area contributed by atoms with Crippen molar-refractivity contribution in [1.29, 1.82) is 0 Å². The van der Waals surface area contributed by atoms with Crippen LogP contribution in [0.5, 0.6) is 0 Å². The lowest BCUT2D eigenvalue weighted by Gasteiger charge is -1.84. The Hall–Kier alpha value is -0.880. The van der Waals surface area contributed by atoms with Gasteiger partial charge >= 0.3 is 0 Å². The summed E-state index contributed by atoms with van der Waals surface area (Å²) in [6.07, 6.45) is 3.61. The minimum atomic E-state index is 0.952. The molecule has 0 spiro atoms. The average Bonchev–Trinajstić information content (AvgIpc) is 2.17. The molecule has 0 saturated carbocycles. The normalized spacial score (nSPS) is 12.0. The zero-order valence-corrected chi connectivity index (χ0v) is 7.70. The maximum atomic E-state index is 4.17. The fourth-order valence-electron chi connectivity index (χ4n) is 0.888. The standard InChI is InChI=1S/C8H11N2P/c1-4-5-8-6(2)7(3)9-10(8)11/h4-5H,1-2,11H2,3H3/b8-5+. The second kappa shape index (κ2) is 3.02. The van der Waals surface area contributed by atoms with Gasteiger partial charge in [0.1, 0.15) is 0 Å². The second-order valence-electron chi connectivity index (χ2n) is 2.30. The summed E-state index contributed by atoms with van der Waals surface area (Å²) in [5, 5.41) is 6.11. The van der Waals surface area contributed by atoms with Crippen LogP contribution in [-0.4, -0.2) is 9.55 Å². The van der Waals surface area contributed by atoms with Crippen LogP contribution in [0.15, 0.2) is 12.7 Å². The molecule has 58 valence electrons. The Morgan fingerprint density at radius 2 is 2.27 bits per heavy atom.